The van der Waals surface area contributed by atoms with Gasteiger partial charge in [-0.25, -0.2) is 12.4 Å². The molecule has 0 aliphatic carbocycles. The standard InChI is InChI=1S/C25H23NO6S/c1-16-10-11-20-17(12-16)13-21(26(20)33(28,29)19-8-6-5-7-9-19)24(27)18-14-22(30-2)25(32-4)23(15-18)31-3/h5-15H,1-4H3. The maximum absolute atomic E-state index is 13.7. The Morgan fingerprint density at radius 3 is 2.03 bits per heavy atom. The van der Waals surface area contributed by atoms with Crippen LogP contribution in [0.15, 0.2) is 71.6 Å². The summed E-state index contributed by atoms with van der Waals surface area (Å²) in [6.07, 6.45) is 0. The number of fused-ring (bicyclic) bond motifs is 1. The van der Waals surface area contributed by atoms with Crippen molar-refractivity contribution in [1.29, 1.82) is 0 Å². The molecule has 0 fully saturated rings. The van der Waals surface area contributed by atoms with E-state index in [1.807, 2.05) is 19.1 Å². The Hall–Kier alpha value is -3.78. The van der Waals surface area contributed by atoms with Crippen LogP contribution in [0, 0.1) is 6.92 Å². The molecule has 0 spiro atoms. The molecule has 0 aliphatic rings. The van der Waals surface area contributed by atoms with E-state index in [9.17, 15) is 13.2 Å². The second-order valence-corrected chi connectivity index (χ2v) is 9.20. The highest BCUT2D eigenvalue weighted by Gasteiger charge is 2.28. The largest absolute Gasteiger partial charge is 0.493 e. The maximum Gasteiger partial charge on any atom is 0.268 e. The van der Waals surface area contributed by atoms with Gasteiger partial charge in [-0.2, -0.15) is 0 Å². The first kappa shape index (κ1) is 22.4. The van der Waals surface area contributed by atoms with Crippen LogP contribution < -0.4 is 14.2 Å². The van der Waals surface area contributed by atoms with Crippen LogP contribution >= 0.6 is 0 Å². The number of aryl methyl sites for hydroxylation is 1. The first-order valence-corrected chi connectivity index (χ1v) is 11.5. The van der Waals surface area contributed by atoms with Gasteiger partial charge in [-0.1, -0.05) is 29.8 Å². The van der Waals surface area contributed by atoms with Gasteiger partial charge in [-0.05, 0) is 49.4 Å². The number of nitrogens with zero attached hydrogens (tertiary/aromatic N) is 1. The second kappa shape index (κ2) is 8.63. The molecule has 1 heterocycles. The number of hydrogen-bond acceptors (Lipinski definition) is 6. The third-order valence-corrected chi connectivity index (χ3v) is 7.10. The van der Waals surface area contributed by atoms with Gasteiger partial charge < -0.3 is 14.2 Å². The number of hydrogen-bond donors (Lipinski definition) is 0. The summed E-state index contributed by atoms with van der Waals surface area (Å²) in [6.45, 7) is 1.91. The molecule has 3 aromatic carbocycles. The van der Waals surface area contributed by atoms with Gasteiger partial charge >= 0.3 is 0 Å². The minimum atomic E-state index is -4.05. The number of methoxy groups -OCH3 is 3. The van der Waals surface area contributed by atoms with Gasteiger partial charge in [0.05, 0.1) is 31.7 Å². The van der Waals surface area contributed by atoms with Crippen molar-refractivity contribution in [3.63, 3.8) is 0 Å². The lowest BCUT2D eigenvalue weighted by atomic mass is 10.1. The van der Waals surface area contributed by atoms with Gasteiger partial charge in [0.15, 0.2) is 11.5 Å². The lowest BCUT2D eigenvalue weighted by Gasteiger charge is -2.15. The Kier molecular flexibility index (Phi) is 5.86. The van der Waals surface area contributed by atoms with E-state index in [1.54, 1.807) is 30.3 Å². The molecule has 0 N–H and O–H groups in total. The number of rotatable bonds is 7. The Balaban J connectivity index is 1.99. The van der Waals surface area contributed by atoms with E-state index >= 15 is 0 Å². The zero-order valence-electron chi connectivity index (χ0n) is 18.7. The highest BCUT2D eigenvalue weighted by molar-refractivity contribution is 7.90. The van der Waals surface area contributed by atoms with Crippen molar-refractivity contribution in [1.82, 2.24) is 3.97 Å². The first-order chi connectivity index (χ1) is 15.8. The molecule has 0 amide bonds. The quantitative estimate of drug-likeness (QED) is 0.375. The van der Waals surface area contributed by atoms with Gasteiger partial charge in [-0.15, -0.1) is 0 Å². The molecule has 0 saturated carbocycles. The van der Waals surface area contributed by atoms with Crippen molar-refractivity contribution in [2.24, 2.45) is 0 Å². The monoisotopic (exact) mass is 465 g/mol. The second-order valence-electron chi connectivity index (χ2n) is 7.42. The first-order valence-electron chi connectivity index (χ1n) is 10.1. The molecule has 0 atom stereocenters. The normalized spacial score (nSPS) is 11.4. The van der Waals surface area contributed by atoms with Crippen LogP contribution in [0.1, 0.15) is 21.6 Å². The summed E-state index contributed by atoms with van der Waals surface area (Å²) in [5, 5.41) is 0.644. The molecule has 0 saturated heterocycles. The third-order valence-electron chi connectivity index (χ3n) is 5.35. The van der Waals surface area contributed by atoms with E-state index in [0.717, 1.165) is 9.54 Å². The molecule has 170 valence electrons. The van der Waals surface area contributed by atoms with E-state index in [1.165, 1.54) is 45.6 Å². The fourth-order valence-corrected chi connectivity index (χ4v) is 5.32. The molecule has 4 aromatic rings. The summed E-state index contributed by atoms with van der Waals surface area (Å²) in [7, 11) is 0.312. The van der Waals surface area contributed by atoms with Crippen molar-refractivity contribution in [3.05, 3.63) is 83.6 Å². The predicted molar refractivity (Wildman–Crippen MR) is 125 cm³/mol. The van der Waals surface area contributed by atoms with Gasteiger partial charge in [0, 0.05) is 10.9 Å². The summed E-state index contributed by atoms with van der Waals surface area (Å²) in [6, 6.07) is 18.0. The maximum atomic E-state index is 13.7. The van der Waals surface area contributed by atoms with Gasteiger partial charge in [0.25, 0.3) is 10.0 Å². The third kappa shape index (κ3) is 3.82. The highest BCUT2D eigenvalue weighted by Crippen LogP contribution is 2.39. The van der Waals surface area contributed by atoms with E-state index in [2.05, 4.69) is 0 Å². The topological polar surface area (TPSA) is 83.8 Å². The van der Waals surface area contributed by atoms with E-state index in [0.29, 0.717) is 28.2 Å². The molecule has 0 unspecified atom stereocenters. The van der Waals surface area contributed by atoms with Crippen LogP contribution in [-0.4, -0.2) is 39.5 Å². The van der Waals surface area contributed by atoms with E-state index < -0.39 is 15.8 Å². The van der Waals surface area contributed by atoms with Crippen molar-refractivity contribution in [2.45, 2.75) is 11.8 Å². The zero-order valence-corrected chi connectivity index (χ0v) is 19.5. The summed E-state index contributed by atoms with van der Waals surface area (Å²) in [4.78, 5) is 13.8. The molecule has 7 nitrogen and oxygen atoms in total. The number of carbonyl (C=O) groups excluding carboxylic acids is 1. The molecule has 0 bridgehead atoms. The minimum absolute atomic E-state index is 0.00808. The number of ether oxygens (including phenoxy) is 3. The van der Waals surface area contributed by atoms with Crippen LogP contribution in [0.5, 0.6) is 17.2 Å². The van der Waals surface area contributed by atoms with Crippen molar-refractivity contribution in [3.8, 4) is 17.2 Å². The molecule has 4 rings (SSSR count). The lowest BCUT2D eigenvalue weighted by Crippen LogP contribution is -2.19. The Morgan fingerprint density at radius 2 is 1.45 bits per heavy atom. The summed E-state index contributed by atoms with van der Waals surface area (Å²) in [5.74, 6) is 0.432. The summed E-state index contributed by atoms with van der Waals surface area (Å²) in [5.41, 5.74) is 1.58. The van der Waals surface area contributed by atoms with Gasteiger partial charge in [0.1, 0.15) is 5.69 Å². The SMILES string of the molecule is COc1cc(C(=O)c2cc3cc(C)ccc3n2S(=O)(=O)c2ccccc2)cc(OC)c1OC. The molecular formula is C25H23NO6S. The minimum Gasteiger partial charge on any atom is -0.493 e. The summed E-state index contributed by atoms with van der Waals surface area (Å²) >= 11 is 0. The van der Waals surface area contributed by atoms with Crippen LogP contribution in [-0.2, 0) is 10.0 Å². The van der Waals surface area contributed by atoms with Crippen LogP contribution in [0.4, 0.5) is 0 Å². The van der Waals surface area contributed by atoms with Crippen molar-refractivity contribution in [2.75, 3.05) is 21.3 Å². The van der Waals surface area contributed by atoms with Crippen LogP contribution in [0.2, 0.25) is 0 Å². The number of carbonyl (C=O) groups is 1. The Labute approximate surface area is 192 Å². The van der Waals surface area contributed by atoms with Gasteiger partial charge in [0.2, 0.25) is 11.5 Å². The number of ketones is 1. The van der Waals surface area contributed by atoms with Crippen LogP contribution in [0.25, 0.3) is 10.9 Å². The Bertz CT molecular complexity index is 1430. The number of aromatic nitrogens is 1. The fourth-order valence-electron chi connectivity index (χ4n) is 3.78. The number of benzene rings is 3. The molecule has 0 aliphatic heterocycles. The highest BCUT2D eigenvalue weighted by atomic mass is 32.2. The summed E-state index contributed by atoms with van der Waals surface area (Å²) < 4.78 is 44.4. The lowest BCUT2D eigenvalue weighted by molar-refractivity contribution is 0.103. The zero-order chi connectivity index (χ0) is 23.8. The molecule has 1 aromatic heterocycles. The average molecular weight is 466 g/mol. The van der Waals surface area contributed by atoms with Crippen molar-refractivity contribution >= 4 is 26.7 Å². The Morgan fingerprint density at radius 1 is 0.818 bits per heavy atom. The van der Waals surface area contributed by atoms with Crippen LogP contribution in [0.3, 0.4) is 0 Å². The smallest absolute Gasteiger partial charge is 0.268 e. The average Bonchev–Trinajstić information content (AvgIpc) is 3.22. The predicted octanol–water partition coefficient (Wildman–Crippen LogP) is 4.44. The van der Waals surface area contributed by atoms with E-state index in [4.69, 9.17) is 14.2 Å². The van der Waals surface area contributed by atoms with Gasteiger partial charge in [-0.3, -0.25) is 4.79 Å². The fraction of sp³-hybridized carbons (Fsp3) is 0.160. The molecule has 33 heavy (non-hydrogen) atoms. The molecule has 0 radical (unpaired) electrons. The van der Waals surface area contributed by atoms with Crippen molar-refractivity contribution < 1.29 is 27.4 Å². The molecular weight excluding hydrogens is 442 g/mol. The molecule has 8 heteroatoms. The van der Waals surface area contributed by atoms with E-state index in [-0.39, 0.29) is 16.2 Å².